The minimum absolute atomic E-state index is 0.203. The number of amides is 1. The van der Waals surface area contributed by atoms with Crippen LogP contribution >= 0.6 is 23.1 Å². The number of thiophene rings is 1. The van der Waals surface area contributed by atoms with Crippen molar-refractivity contribution in [2.45, 2.75) is 18.9 Å². The van der Waals surface area contributed by atoms with Gasteiger partial charge >= 0.3 is 0 Å². The van der Waals surface area contributed by atoms with Crippen LogP contribution in [0, 0.1) is 13.8 Å². The van der Waals surface area contributed by atoms with E-state index in [1.54, 1.807) is 17.7 Å². The summed E-state index contributed by atoms with van der Waals surface area (Å²) >= 11 is 3.22. The quantitative estimate of drug-likeness (QED) is 0.635. The molecule has 0 unspecified atom stereocenters. The summed E-state index contributed by atoms with van der Waals surface area (Å²) in [6, 6.07) is 0. The molecular formula is C15H20N4OS2. The van der Waals surface area contributed by atoms with Crippen LogP contribution in [0.2, 0.25) is 0 Å². The Labute approximate surface area is 138 Å². The summed E-state index contributed by atoms with van der Waals surface area (Å²) in [7, 11) is 2.09. The monoisotopic (exact) mass is 336 g/mol. The lowest BCUT2D eigenvalue weighted by Gasteiger charge is -2.32. The third kappa shape index (κ3) is 3.11. The van der Waals surface area contributed by atoms with Gasteiger partial charge in [0.05, 0.1) is 5.75 Å². The number of rotatable bonds is 3. The molecule has 0 saturated carbocycles. The van der Waals surface area contributed by atoms with Gasteiger partial charge < -0.3 is 9.80 Å². The molecule has 0 bridgehead atoms. The summed E-state index contributed by atoms with van der Waals surface area (Å²) in [6.07, 6.45) is 1.60. The highest BCUT2D eigenvalue weighted by Crippen LogP contribution is 2.34. The van der Waals surface area contributed by atoms with Crippen LogP contribution < -0.4 is 0 Å². The highest BCUT2D eigenvalue weighted by Gasteiger charge is 2.20. The van der Waals surface area contributed by atoms with E-state index in [-0.39, 0.29) is 5.91 Å². The fourth-order valence-corrected chi connectivity index (χ4v) is 4.56. The van der Waals surface area contributed by atoms with Gasteiger partial charge in [0.15, 0.2) is 0 Å². The number of carbonyl (C=O) groups is 1. The van der Waals surface area contributed by atoms with E-state index in [1.807, 2.05) is 4.90 Å². The number of hydrogen-bond acceptors (Lipinski definition) is 6. The minimum atomic E-state index is 0.203. The van der Waals surface area contributed by atoms with Crippen LogP contribution in [0.1, 0.15) is 10.4 Å². The Balaban J connectivity index is 1.70. The van der Waals surface area contributed by atoms with Gasteiger partial charge in [0.2, 0.25) is 5.91 Å². The van der Waals surface area contributed by atoms with Crippen LogP contribution in [0.4, 0.5) is 0 Å². The zero-order chi connectivity index (χ0) is 15.7. The molecule has 3 heterocycles. The average molecular weight is 336 g/mol. The lowest BCUT2D eigenvalue weighted by molar-refractivity contribution is -0.129. The Hall–Kier alpha value is -1.18. The van der Waals surface area contributed by atoms with Gasteiger partial charge in [0.1, 0.15) is 16.2 Å². The number of carbonyl (C=O) groups excluding carboxylic acids is 1. The molecule has 0 spiro atoms. The lowest BCUT2D eigenvalue weighted by Crippen LogP contribution is -2.47. The van der Waals surface area contributed by atoms with Crippen molar-refractivity contribution in [3.8, 4) is 0 Å². The average Bonchev–Trinajstić information content (AvgIpc) is 2.81. The number of nitrogens with zero attached hydrogens (tertiary/aromatic N) is 4. The van der Waals surface area contributed by atoms with Crippen molar-refractivity contribution in [3.63, 3.8) is 0 Å². The van der Waals surface area contributed by atoms with Gasteiger partial charge in [-0.1, -0.05) is 11.8 Å². The molecule has 1 saturated heterocycles. The Morgan fingerprint density at radius 2 is 2.00 bits per heavy atom. The predicted octanol–water partition coefficient (Wildman–Crippen LogP) is 2.17. The van der Waals surface area contributed by atoms with Crippen molar-refractivity contribution in [1.29, 1.82) is 0 Å². The standard InChI is InChI=1S/C15H20N4OS2/c1-10-11(2)22-15-13(10)14(16-9-17-15)21-8-12(20)19-6-4-18(3)5-7-19/h9H,4-8H2,1-3H3. The molecule has 118 valence electrons. The van der Waals surface area contributed by atoms with E-state index in [0.29, 0.717) is 5.75 Å². The number of hydrogen-bond donors (Lipinski definition) is 0. The minimum Gasteiger partial charge on any atom is -0.339 e. The molecule has 0 aliphatic carbocycles. The van der Waals surface area contributed by atoms with E-state index in [9.17, 15) is 4.79 Å². The van der Waals surface area contributed by atoms with Gasteiger partial charge in [-0.05, 0) is 26.5 Å². The first-order chi connectivity index (χ1) is 10.6. The number of aryl methyl sites for hydroxylation is 2. The molecule has 0 aromatic carbocycles. The van der Waals surface area contributed by atoms with Crippen LogP contribution in [-0.2, 0) is 4.79 Å². The fourth-order valence-electron chi connectivity index (χ4n) is 2.54. The summed E-state index contributed by atoms with van der Waals surface area (Å²) < 4.78 is 0. The van der Waals surface area contributed by atoms with Crippen LogP contribution in [0.15, 0.2) is 11.4 Å². The molecule has 1 aliphatic heterocycles. The molecule has 0 radical (unpaired) electrons. The summed E-state index contributed by atoms with van der Waals surface area (Å²) in [5.41, 5.74) is 1.23. The number of thioether (sulfide) groups is 1. The zero-order valence-corrected chi connectivity index (χ0v) is 14.8. The maximum absolute atomic E-state index is 12.4. The first-order valence-electron chi connectivity index (χ1n) is 7.36. The summed E-state index contributed by atoms with van der Waals surface area (Å²) in [6.45, 7) is 7.76. The molecule has 7 heteroatoms. The smallest absolute Gasteiger partial charge is 0.233 e. The lowest BCUT2D eigenvalue weighted by atomic mass is 10.2. The van der Waals surface area contributed by atoms with Gasteiger partial charge in [-0.3, -0.25) is 4.79 Å². The molecule has 0 N–H and O–H groups in total. The second kappa shape index (κ2) is 6.52. The summed E-state index contributed by atoms with van der Waals surface area (Å²) in [5.74, 6) is 0.652. The van der Waals surface area contributed by atoms with E-state index in [1.165, 1.54) is 22.2 Å². The maximum Gasteiger partial charge on any atom is 0.233 e. The highest BCUT2D eigenvalue weighted by atomic mass is 32.2. The van der Waals surface area contributed by atoms with Gasteiger partial charge in [-0.15, -0.1) is 11.3 Å². The van der Waals surface area contributed by atoms with E-state index in [4.69, 9.17) is 0 Å². The molecule has 1 aliphatic rings. The van der Waals surface area contributed by atoms with Crippen molar-refractivity contribution < 1.29 is 4.79 Å². The van der Waals surface area contributed by atoms with Crippen molar-refractivity contribution in [1.82, 2.24) is 19.8 Å². The second-order valence-corrected chi connectivity index (χ2v) is 7.78. The van der Waals surface area contributed by atoms with Gasteiger partial charge in [0, 0.05) is 36.4 Å². The molecule has 0 atom stereocenters. The Kier molecular flexibility index (Phi) is 4.65. The molecule has 5 nitrogen and oxygen atoms in total. The van der Waals surface area contributed by atoms with Crippen LogP contribution in [-0.4, -0.2) is 64.7 Å². The highest BCUT2D eigenvalue weighted by molar-refractivity contribution is 8.00. The molecule has 2 aromatic heterocycles. The zero-order valence-electron chi connectivity index (χ0n) is 13.1. The van der Waals surface area contributed by atoms with Crippen LogP contribution in [0.25, 0.3) is 10.2 Å². The third-order valence-corrected chi connectivity index (χ3v) is 6.21. The van der Waals surface area contributed by atoms with E-state index >= 15 is 0 Å². The van der Waals surface area contributed by atoms with Gasteiger partial charge in [-0.25, -0.2) is 9.97 Å². The van der Waals surface area contributed by atoms with Crippen LogP contribution in [0.3, 0.4) is 0 Å². The van der Waals surface area contributed by atoms with Crippen molar-refractivity contribution >= 4 is 39.2 Å². The first kappa shape index (κ1) is 15.7. The summed E-state index contributed by atoms with van der Waals surface area (Å²) in [4.78, 5) is 27.6. The molecule has 22 heavy (non-hydrogen) atoms. The van der Waals surface area contributed by atoms with E-state index in [0.717, 1.165) is 41.4 Å². The Morgan fingerprint density at radius 3 is 2.73 bits per heavy atom. The number of aromatic nitrogens is 2. The van der Waals surface area contributed by atoms with E-state index < -0.39 is 0 Å². The largest absolute Gasteiger partial charge is 0.339 e. The van der Waals surface area contributed by atoms with Gasteiger partial charge in [-0.2, -0.15) is 0 Å². The van der Waals surface area contributed by atoms with Crippen molar-refractivity contribution in [2.24, 2.45) is 0 Å². The first-order valence-corrected chi connectivity index (χ1v) is 9.16. The van der Waals surface area contributed by atoms with E-state index in [2.05, 4.69) is 35.8 Å². The van der Waals surface area contributed by atoms with Crippen LogP contribution in [0.5, 0.6) is 0 Å². The summed E-state index contributed by atoms with van der Waals surface area (Å²) in [5, 5.41) is 2.04. The number of likely N-dealkylation sites (N-methyl/N-ethyl adjacent to an activating group) is 1. The molecule has 1 fully saturated rings. The molecular weight excluding hydrogens is 316 g/mol. The predicted molar refractivity (Wildman–Crippen MR) is 91.7 cm³/mol. The Morgan fingerprint density at radius 1 is 1.27 bits per heavy atom. The van der Waals surface area contributed by atoms with Crippen molar-refractivity contribution in [2.75, 3.05) is 39.0 Å². The van der Waals surface area contributed by atoms with Crippen molar-refractivity contribution in [3.05, 3.63) is 16.8 Å². The SMILES string of the molecule is Cc1sc2ncnc(SCC(=O)N3CCN(C)CC3)c2c1C. The third-order valence-electron chi connectivity index (χ3n) is 4.12. The second-order valence-electron chi connectivity index (χ2n) is 5.61. The molecule has 2 aromatic rings. The molecule has 1 amide bonds. The van der Waals surface area contributed by atoms with Gasteiger partial charge in [0.25, 0.3) is 0 Å². The Bertz CT molecular complexity index is 692. The number of fused-ring (bicyclic) bond motifs is 1. The fraction of sp³-hybridized carbons (Fsp3) is 0.533. The molecule has 3 rings (SSSR count). The normalized spacial score (nSPS) is 16.4. The topological polar surface area (TPSA) is 49.3 Å². The maximum atomic E-state index is 12.4. The number of piperazine rings is 1.